The molecule has 3 nitrogen and oxygen atoms in total. The van der Waals surface area contributed by atoms with E-state index >= 15 is 0 Å². The summed E-state index contributed by atoms with van der Waals surface area (Å²) in [6.45, 7) is 4.64. The van der Waals surface area contributed by atoms with Crippen molar-refractivity contribution in [3.05, 3.63) is 21.9 Å². The first-order valence-corrected chi connectivity index (χ1v) is 8.04. The van der Waals surface area contributed by atoms with Crippen LogP contribution in [0.15, 0.2) is 11.4 Å². The Morgan fingerprint density at radius 3 is 2.95 bits per heavy atom. The molecular weight excluding hydrogens is 270 g/mol. The minimum absolute atomic E-state index is 0.127. The van der Waals surface area contributed by atoms with E-state index in [9.17, 15) is 4.79 Å². The fraction of sp³-hybridized carbons (Fsp3) is 0.562. The van der Waals surface area contributed by atoms with Crippen LogP contribution in [0, 0.1) is 17.8 Å². The zero-order chi connectivity index (χ0) is 14.8. The second-order valence-corrected chi connectivity index (χ2v) is 5.72. The quantitative estimate of drug-likeness (QED) is 0.759. The maximum atomic E-state index is 12.1. The van der Waals surface area contributed by atoms with Gasteiger partial charge in [-0.2, -0.15) is 0 Å². The highest BCUT2D eigenvalue weighted by atomic mass is 32.1. The van der Waals surface area contributed by atoms with E-state index < -0.39 is 0 Å². The van der Waals surface area contributed by atoms with Crippen LogP contribution in [0.4, 0.5) is 0 Å². The van der Waals surface area contributed by atoms with Crippen molar-refractivity contribution in [1.29, 1.82) is 0 Å². The number of aliphatic hydroxyl groups is 1. The fourth-order valence-corrected chi connectivity index (χ4v) is 2.73. The highest BCUT2D eigenvalue weighted by Crippen LogP contribution is 2.16. The van der Waals surface area contributed by atoms with Gasteiger partial charge in [0, 0.05) is 21.7 Å². The van der Waals surface area contributed by atoms with Crippen molar-refractivity contribution >= 4 is 17.2 Å². The molecule has 1 unspecified atom stereocenters. The molecule has 1 amide bonds. The van der Waals surface area contributed by atoms with Gasteiger partial charge in [0.15, 0.2) is 0 Å². The summed E-state index contributed by atoms with van der Waals surface area (Å²) >= 11 is 1.58. The number of thiophene rings is 1. The standard InChI is InChI=1S/C16H23NO2S/c1-3-5-8-14(4-2)16(19)17-11-15-10-13(12-20-15)7-6-9-18/h10,12,14,18H,3-5,8-9,11H2,1-2H3,(H,17,19). The fourth-order valence-electron chi connectivity index (χ4n) is 1.97. The molecule has 2 N–H and O–H groups in total. The van der Waals surface area contributed by atoms with Crippen molar-refractivity contribution < 1.29 is 9.90 Å². The SMILES string of the molecule is CCCCC(CC)C(=O)NCc1cc(C#CCO)cs1. The molecule has 1 aromatic rings. The van der Waals surface area contributed by atoms with E-state index in [1.807, 2.05) is 11.4 Å². The van der Waals surface area contributed by atoms with Gasteiger partial charge < -0.3 is 10.4 Å². The molecule has 0 radical (unpaired) electrons. The van der Waals surface area contributed by atoms with Crippen LogP contribution in [0.1, 0.15) is 50.0 Å². The van der Waals surface area contributed by atoms with Gasteiger partial charge in [-0.05, 0) is 18.9 Å². The second-order valence-electron chi connectivity index (χ2n) is 4.73. The van der Waals surface area contributed by atoms with Crippen molar-refractivity contribution in [2.75, 3.05) is 6.61 Å². The van der Waals surface area contributed by atoms with Gasteiger partial charge in [-0.1, -0.05) is 38.5 Å². The summed E-state index contributed by atoms with van der Waals surface area (Å²) < 4.78 is 0. The average Bonchev–Trinajstić information content (AvgIpc) is 2.91. The summed E-state index contributed by atoms with van der Waals surface area (Å²) in [5.74, 6) is 5.76. The monoisotopic (exact) mass is 293 g/mol. The maximum Gasteiger partial charge on any atom is 0.223 e. The average molecular weight is 293 g/mol. The zero-order valence-corrected chi connectivity index (χ0v) is 13.1. The Bertz CT molecular complexity index is 470. The second kappa shape index (κ2) is 9.57. The van der Waals surface area contributed by atoms with Crippen molar-refractivity contribution in [3.8, 4) is 11.8 Å². The van der Waals surface area contributed by atoms with E-state index in [2.05, 4.69) is 31.0 Å². The van der Waals surface area contributed by atoms with Gasteiger partial charge >= 0.3 is 0 Å². The number of unbranched alkanes of at least 4 members (excludes halogenated alkanes) is 1. The van der Waals surface area contributed by atoms with Crippen molar-refractivity contribution in [3.63, 3.8) is 0 Å². The lowest BCUT2D eigenvalue weighted by atomic mass is 9.98. The molecule has 1 aromatic heterocycles. The molecule has 0 aliphatic carbocycles. The van der Waals surface area contributed by atoms with Crippen molar-refractivity contribution in [1.82, 2.24) is 5.32 Å². The summed E-state index contributed by atoms with van der Waals surface area (Å²) in [6, 6.07) is 1.96. The Balaban J connectivity index is 2.45. The van der Waals surface area contributed by atoms with Gasteiger partial charge in [0.2, 0.25) is 5.91 Å². The van der Waals surface area contributed by atoms with E-state index in [4.69, 9.17) is 5.11 Å². The smallest absolute Gasteiger partial charge is 0.223 e. The largest absolute Gasteiger partial charge is 0.384 e. The third-order valence-corrected chi connectivity index (χ3v) is 4.11. The van der Waals surface area contributed by atoms with Crippen molar-refractivity contribution in [2.24, 2.45) is 5.92 Å². The van der Waals surface area contributed by atoms with Crippen LogP contribution in [0.25, 0.3) is 0 Å². The Morgan fingerprint density at radius 1 is 1.50 bits per heavy atom. The minimum Gasteiger partial charge on any atom is -0.384 e. The number of carbonyl (C=O) groups excluding carboxylic acids is 1. The van der Waals surface area contributed by atoms with E-state index in [1.165, 1.54) is 0 Å². The van der Waals surface area contributed by atoms with Crippen LogP contribution < -0.4 is 5.32 Å². The number of hydrogen-bond acceptors (Lipinski definition) is 3. The lowest BCUT2D eigenvalue weighted by Crippen LogP contribution is -2.29. The van der Waals surface area contributed by atoms with Crippen LogP contribution in [-0.2, 0) is 11.3 Å². The molecule has 0 aliphatic rings. The summed E-state index contributed by atoms with van der Waals surface area (Å²) in [5, 5.41) is 13.6. The van der Waals surface area contributed by atoms with Crippen LogP contribution in [-0.4, -0.2) is 17.6 Å². The lowest BCUT2D eigenvalue weighted by Gasteiger charge is -2.13. The van der Waals surface area contributed by atoms with E-state index in [0.717, 1.165) is 36.1 Å². The predicted molar refractivity (Wildman–Crippen MR) is 83.4 cm³/mol. The first-order valence-electron chi connectivity index (χ1n) is 7.16. The zero-order valence-electron chi connectivity index (χ0n) is 12.2. The highest BCUT2D eigenvalue weighted by molar-refractivity contribution is 7.10. The van der Waals surface area contributed by atoms with Gasteiger partial charge in [-0.3, -0.25) is 4.79 Å². The Kier molecular flexibility index (Phi) is 8.01. The number of aliphatic hydroxyl groups excluding tert-OH is 1. The Morgan fingerprint density at radius 2 is 2.30 bits per heavy atom. The van der Waals surface area contributed by atoms with Crippen molar-refractivity contribution in [2.45, 2.75) is 46.1 Å². The Hall–Kier alpha value is -1.31. The molecule has 0 spiro atoms. The molecule has 1 atom stereocenters. The number of nitrogens with one attached hydrogen (secondary N) is 1. The molecule has 0 saturated heterocycles. The van der Waals surface area contributed by atoms with Crippen LogP contribution in [0.2, 0.25) is 0 Å². The van der Waals surface area contributed by atoms with Crippen LogP contribution in [0.3, 0.4) is 0 Å². The molecule has 0 bridgehead atoms. The molecule has 0 fully saturated rings. The van der Waals surface area contributed by atoms with Gasteiger partial charge in [-0.15, -0.1) is 11.3 Å². The predicted octanol–water partition coefficient (Wildman–Crippen LogP) is 2.92. The van der Waals surface area contributed by atoms with Crippen LogP contribution in [0.5, 0.6) is 0 Å². The topological polar surface area (TPSA) is 49.3 Å². The molecular formula is C16H23NO2S. The summed E-state index contributed by atoms with van der Waals surface area (Å²) in [4.78, 5) is 13.2. The number of carbonyl (C=O) groups is 1. The van der Waals surface area contributed by atoms with E-state index in [0.29, 0.717) is 6.54 Å². The molecule has 20 heavy (non-hydrogen) atoms. The third-order valence-electron chi connectivity index (χ3n) is 3.17. The normalized spacial score (nSPS) is 11.6. The molecule has 0 saturated carbocycles. The van der Waals surface area contributed by atoms with E-state index in [1.54, 1.807) is 11.3 Å². The molecule has 0 aliphatic heterocycles. The number of hydrogen-bond donors (Lipinski definition) is 2. The van der Waals surface area contributed by atoms with E-state index in [-0.39, 0.29) is 18.4 Å². The van der Waals surface area contributed by atoms with Gasteiger partial charge in [-0.25, -0.2) is 0 Å². The summed E-state index contributed by atoms with van der Waals surface area (Å²) in [6.07, 6.45) is 4.09. The van der Waals surface area contributed by atoms with Gasteiger partial charge in [0.05, 0.1) is 6.54 Å². The molecule has 1 heterocycles. The first kappa shape index (κ1) is 16.7. The minimum atomic E-state index is -0.127. The number of amides is 1. The summed E-state index contributed by atoms with van der Waals surface area (Å²) in [5.41, 5.74) is 0.895. The molecule has 4 heteroatoms. The first-order chi connectivity index (χ1) is 9.71. The maximum absolute atomic E-state index is 12.1. The molecule has 0 aromatic carbocycles. The third kappa shape index (κ3) is 5.77. The number of rotatable bonds is 7. The Labute approximate surface area is 125 Å². The molecule has 110 valence electrons. The van der Waals surface area contributed by atoms with Gasteiger partial charge in [0.1, 0.15) is 6.61 Å². The van der Waals surface area contributed by atoms with Crippen LogP contribution >= 0.6 is 11.3 Å². The lowest BCUT2D eigenvalue weighted by molar-refractivity contribution is -0.125. The summed E-state index contributed by atoms with van der Waals surface area (Å²) in [7, 11) is 0. The molecule has 1 rings (SSSR count). The highest BCUT2D eigenvalue weighted by Gasteiger charge is 2.15. The van der Waals surface area contributed by atoms with Gasteiger partial charge in [0.25, 0.3) is 0 Å².